The van der Waals surface area contributed by atoms with Crippen molar-refractivity contribution >= 4 is 34.4 Å². The van der Waals surface area contributed by atoms with Crippen LogP contribution < -0.4 is 0 Å². The van der Waals surface area contributed by atoms with E-state index >= 15 is 0 Å². The summed E-state index contributed by atoms with van der Waals surface area (Å²) in [5, 5.41) is 0.759. The zero-order valence-electron chi connectivity index (χ0n) is 19.9. The molecule has 0 unspecified atom stereocenters. The number of hydrogen-bond acceptors (Lipinski definition) is 4. The van der Waals surface area contributed by atoms with Gasteiger partial charge in [0.2, 0.25) is 0 Å². The second-order valence-electron chi connectivity index (χ2n) is 9.74. The van der Waals surface area contributed by atoms with Crippen molar-refractivity contribution in [3.05, 3.63) is 76.5 Å². The van der Waals surface area contributed by atoms with E-state index in [1.54, 1.807) is 14.1 Å². The van der Waals surface area contributed by atoms with Gasteiger partial charge in [0.15, 0.2) is 6.61 Å². The lowest BCUT2D eigenvalue weighted by molar-refractivity contribution is -0.131. The van der Waals surface area contributed by atoms with E-state index in [0.29, 0.717) is 12.0 Å². The summed E-state index contributed by atoms with van der Waals surface area (Å²) in [7, 11) is 3.28. The quantitative estimate of drug-likeness (QED) is 0.517. The number of ether oxygens (including phenoxy) is 1. The normalized spacial score (nSPS) is 14.4. The number of benzene rings is 2. The molecule has 170 valence electrons. The molecule has 0 saturated carbocycles. The van der Waals surface area contributed by atoms with E-state index in [-0.39, 0.29) is 17.9 Å². The summed E-state index contributed by atoms with van der Waals surface area (Å²) in [6.07, 6.45) is 3.67. The van der Waals surface area contributed by atoms with Gasteiger partial charge in [-0.2, -0.15) is 0 Å². The number of para-hydroxylation sites is 1. The van der Waals surface area contributed by atoms with E-state index in [0.717, 1.165) is 39.7 Å². The minimum Gasteiger partial charge on any atom is -0.452 e. The molecule has 0 radical (unpaired) electrons. The number of allylic oxidation sites excluding steroid dienone is 1. The van der Waals surface area contributed by atoms with Gasteiger partial charge in [-0.1, -0.05) is 63.2 Å². The van der Waals surface area contributed by atoms with Crippen LogP contribution >= 0.6 is 0 Å². The Hall–Kier alpha value is -3.47. The molecular formula is C28H30N2O3. The molecule has 0 spiro atoms. The van der Waals surface area contributed by atoms with Gasteiger partial charge in [-0.05, 0) is 52.7 Å². The molecule has 1 heterocycles. The van der Waals surface area contributed by atoms with Gasteiger partial charge < -0.3 is 9.64 Å². The predicted octanol–water partition coefficient (Wildman–Crippen LogP) is 5.26. The Kier molecular flexibility index (Phi) is 6.07. The Labute approximate surface area is 195 Å². The van der Waals surface area contributed by atoms with Crippen molar-refractivity contribution in [3.63, 3.8) is 0 Å². The molecule has 0 atom stereocenters. The van der Waals surface area contributed by atoms with Gasteiger partial charge in [-0.25, -0.2) is 9.78 Å². The van der Waals surface area contributed by atoms with Crippen LogP contribution in [0, 0.1) is 0 Å². The molecule has 0 fully saturated rings. The number of fused-ring (bicyclic) bond motifs is 2. The maximum Gasteiger partial charge on any atom is 0.339 e. The molecule has 3 aromatic rings. The first kappa shape index (κ1) is 22.7. The summed E-state index contributed by atoms with van der Waals surface area (Å²) in [4.78, 5) is 31.4. The number of carbonyl (C=O) groups excluding carboxylic acids is 2. The number of aromatic nitrogens is 1. The molecule has 33 heavy (non-hydrogen) atoms. The molecule has 1 aromatic heterocycles. The van der Waals surface area contributed by atoms with Crippen molar-refractivity contribution in [3.8, 4) is 0 Å². The zero-order valence-corrected chi connectivity index (χ0v) is 19.9. The number of hydrogen-bond donors (Lipinski definition) is 0. The molecular weight excluding hydrogens is 412 g/mol. The Morgan fingerprint density at radius 3 is 2.39 bits per heavy atom. The van der Waals surface area contributed by atoms with Crippen molar-refractivity contribution in [1.29, 1.82) is 0 Å². The molecule has 0 N–H and O–H groups in total. The van der Waals surface area contributed by atoms with Gasteiger partial charge in [-0.3, -0.25) is 4.79 Å². The third kappa shape index (κ3) is 4.68. The van der Waals surface area contributed by atoms with Gasteiger partial charge in [-0.15, -0.1) is 0 Å². The van der Waals surface area contributed by atoms with Crippen LogP contribution in [0.5, 0.6) is 0 Å². The van der Waals surface area contributed by atoms with Gasteiger partial charge in [0.05, 0.1) is 16.8 Å². The fourth-order valence-electron chi connectivity index (χ4n) is 4.12. The van der Waals surface area contributed by atoms with Crippen molar-refractivity contribution in [2.24, 2.45) is 0 Å². The monoisotopic (exact) mass is 442 g/mol. The molecule has 1 amide bonds. The molecule has 2 aromatic carbocycles. The van der Waals surface area contributed by atoms with E-state index in [1.807, 2.05) is 24.3 Å². The summed E-state index contributed by atoms with van der Waals surface area (Å²) in [6, 6.07) is 16.2. The fourth-order valence-corrected chi connectivity index (χ4v) is 4.12. The largest absolute Gasteiger partial charge is 0.452 e. The van der Waals surface area contributed by atoms with E-state index in [2.05, 4.69) is 51.1 Å². The molecule has 0 aliphatic heterocycles. The SMILES string of the molecule is CN(C)C(=O)COC(=O)c1c2c(nc3ccccc13)/C(=C\c1ccc(C(C)(C)C)cc1)CC2. The van der Waals surface area contributed by atoms with E-state index in [1.165, 1.54) is 10.5 Å². The Bertz CT molecular complexity index is 1250. The van der Waals surface area contributed by atoms with Crippen LogP contribution in [-0.4, -0.2) is 42.5 Å². The Morgan fingerprint density at radius 1 is 1.03 bits per heavy atom. The van der Waals surface area contributed by atoms with Crippen LogP contribution in [0.1, 0.15) is 59.9 Å². The topological polar surface area (TPSA) is 59.5 Å². The van der Waals surface area contributed by atoms with E-state index < -0.39 is 5.97 Å². The highest BCUT2D eigenvalue weighted by Gasteiger charge is 2.28. The van der Waals surface area contributed by atoms with Gasteiger partial charge in [0, 0.05) is 19.5 Å². The number of rotatable bonds is 4. The van der Waals surface area contributed by atoms with Crippen LogP contribution in [-0.2, 0) is 21.4 Å². The second kappa shape index (κ2) is 8.81. The standard InChI is InChI=1S/C28H30N2O3/c1-28(2,3)20-13-10-18(11-14-20)16-19-12-15-22-25(27(32)33-17-24(31)30(4)5)21-8-6-7-9-23(21)29-26(19)22/h6-11,13-14,16H,12,15,17H2,1-5H3/b19-16-. The number of nitrogens with zero attached hydrogens (tertiary/aromatic N) is 2. The molecule has 5 heteroatoms. The molecule has 5 nitrogen and oxygen atoms in total. The number of amides is 1. The lowest BCUT2D eigenvalue weighted by atomic mass is 9.86. The number of esters is 1. The average Bonchev–Trinajstić information content (AvgIpc) is 3.17. The summed E-state index contributed by atoms with van der Waals surface area (Å²) < 4.78 is 5.41. The van der Waals surface area contributed by atoms with Crippen LogP contribution in [0.3, 0.4) is 0 Å². The molecule has 4 rings (SSSR count). The first-order chi connectivity index (χ1) is 15.6. The zero-order chi connectivity index (χ0) is 23.8. The highest BCUT2D eigenvalue weighted by Crippen LogP contribution is 2.38. The third-order valence-electron chi connectivity index (χ3n) is 6.09. The second-order valence-corrected chi connectivity index (χ2v) is 9.74. The molecule has 0 saturated heterocycles. The van der Waals surface area contributed by atoms with Crippen molar-refractivity contribution in [2.45, 2.75) is 39.0 Å². The summed E-state index contributed by atoms with van der Waals surface area (Å²) >= 11 is 0. The minimum atomic E-state index is -0.476. The van der Waals surface area contributed by atoms with Crippen molar-refractivity contribution in [2.75, 3.05) is 20.7 Å². The van der Waals surface area contributed by atoms with Crippen LogP contribution in [0.4, 0.5) is 0 Å². The minimum absolute atomic E-state index is 0.106. The number of carbonyl (C=O) groups is 2. The lowest BCUT2D eigenvalue weighted by Crippen LogP contribution is -2.27. The lowest BCUT2D eigenvalue weighted by Gasteiger charge is -2.18. The summed E-state index contributed by atoms with van der Waals surface area (Å²) in [5.74, 6) is -0.728. The van der Waals surface area contributed by atoms with Crippen molar-refractivity contribution in [1.82, 2.24) is 9.88 Å². The third-order valence-corrected chi connectivity index (χ3v) is 6.09. The highest BCUT2D eigenvalue weighted by atomic mass is 16.5. The first-order valence-electron chi connectivity index (χ1n) is 11.3. The van der Waals surface area contributed by atoms with Gasteiger partial charge >= 0.3 is 5.97 Å². The number of likely N-dealkylation sites (N-methyl/N-ethyl adjacent to an activating group) is 1. The van der Waals surface area contributed by atoms with Crippen LogP contribution in [0.25, 0.3) is 22.6 Å². The average molecular weight is 443 g/mol. The molecule has 1 aliphatic rings. The first-order valence-corrected chi connectivity index (χ1v) is 11.3. The van der Waals surface area contributed by atoms with E-state index in [4.69, 9.17) is 9.72 Å². The van der Waals surface area contributed by atoms with E-state index in [9.17, 15) is 9.59 Å². The van der Waals surface area contributed by atoms with Crippen molar-refractivity contribution < 1.29 is 14.3 Å². The number of pyridine rings is 1. The highest BCUT2D eigenvalue weighted by molar-refractivity contribution is 6.07. The smallest absolute Gasteiger partial charge is 0.339 e. The van der Waals surface area contributed by atoms with Gasteiger partial charge in [0.1, 0.15) is 0 Å². The van der Waals surface area contributed by atoms with Crippen LogP contribution in [0.15, 0.2) is 48.5 Å². The Morgan fingerprint density at radius 2 is 1.73 bits per heavy atom. The maximum absolute atomic E-state index is 13.1. The maximum atomic E-state index is 13.1. The molecule has 1 aliphatic carbocycles. The summed E-state index contributed by atoms with van der Waals surface area (Å²) in [6.45, 7) is 6.33. The Balaban J connectivity index is 1.73. The van der Waals surface area contributed by atoms with Gasteiger partial charge in [0.25, 0.3) is 5.91 Å². The predicted molar refractivity (Wildman–Crippen MR) is 132 cm³/mol. The van der Waals surface area contributed by atoms with Crippen LogP contribution in [0.2, 0.25) is 0 Å². The molecule has 0 bridgehead atoms. The fraction of sp³-hybridized carbons (Fsp3) is 0.321. The summed E-state index contributed by atoms with van der Waals surface area (Å²) in [5.41, 5.74) is 6.63.